The number of carbonyl (C=O) groups is 1. The van der Waals surface area contributed by atoms with E-state index >= 15 is 0 Å². The lowest BCUT2D eigenvalue weighted by molar-refractivity contribution is -0.119. The Hall–Kier alpha value is -2.87. The van der Waals surface area contributed by atoms with Crippen LogP contribution in [0.3, 0.4) is 0 Å². The van der Waals surface area contributed by atoms with E-state index in [4.69, 9.17) is 19.9 Å². The summed E-state index contributed by atoms with van der Waals surface area (Å²) in [6.07, 6.45) is 1.38. The van der Waals surface area contributed by atoms with Gasteiger partial charge >= 0.3 is 0 Å². The summed E-state index contributed by atoms with van der Waals surface area (Å²) in [4.78, 5) is 14.7. The molecule has 0 aliphatic carbocycles. The smallest absolute Gasteiger partial charge is 0.234 e. The van der Waals surface area contributed by atoms with Gasteiger partial charge in [-0.3, -0.25) is 4.79 Å². The van der Waals surface area contributed by atoms with Gasteiger partial charge in [-0.2, -0.15) is 4.39 Å². The first-order valence-electron chi connectivity index (χ1n) is 7.72. The minimum absolute atomic E-state index is 0.0196. The molecular formula is C17H18FN3O4. The summed E-state index contributed by atoms with van der Waals surface area (Å²) in [6.45, 7) is 2.15. The molecule has 0 saturated carbocycles. The van der Waals surface area contributed by atoms with Gasteiger partial charge in [0.2, 0.25) is 24.4 Å². The van der Waals surface area contributed by atoms with Crippen molar-refractivity contribution in [2.75, 3.05) is 6.79 Å². The third-order valence-electron chi connectivity index (χ3n) is 3.81. The van der Waals surface area contributed by atoms with Crippen LogP contribution in [0.4, 0.5) is 4.39 Å². The molecule has 1 unspecified atom stereocenters. The minimum Gasteiger partial charge on any atom is -0.485 e. The number of hydrogen-bond acceptors (Lipinski definition) is 6. The molecule has 132 valence electrons. The van der Waals surface area contributed by atoms with Gasteiger partial charge in [-0.15, -0.1) is 0 Å². The maximum Gasteiger partial charge on any atom is 0.234 e. The number of nitrogens with one attached hydrogen (secondary N) is 1. The lowest BCUT2D eigenvalue weighted by Gasteiger charge is -2.14. The average molecular weight is 347 g/mol. The van der Waals surface area contributed by atoms with Gasteiger partial charge in [-0.05, 0) is 25.1 Å². The number of pyridine rings is 1. The highest BCUT2D eigenvalue weighted by Gasteiger charge is 2.23. The topological polar surface area (TPSA) is 95.7 Å². The highest BCUT2D eigenvalue weighted by atomic mass is 19.1. The molecule has 8 heteroatoms. The van der Waals surface area contributed by atoms with Crippen molar-refractivity contribution < 1.29 is 23.4 Å². The van der Waals surface area contributed by atoms with Crippen molar-refractivity contribution in [1.29, 1.82) is 0 Å². The van der Waals surface area contributed by atoms with E-state index in [-0.39, 0.29) is 13.4 Å². The van der Waals surface area contributed by atoms with Gasteiger partial charge in [0.15, 0.2) is 11.5 Å². The number of nitrogens with two attached hydrogens (primary N) is 1. The zero-order valence-electron chi connectivity index (χ0n) is 13.6. The standard InChI is InChI=1S/C17H18FN3O4/c1-10(17(19)22)21-7-11-4-5-13(15-14(11)24-9-25-15)23-8-12-3-2-6-20-16(12)18/h2-6,10,21H,7-9H2,1H3,(H2,19,22). The highest BCUT2D eigenvalue weighted by molar-refractivity contribution is 5.79. The van der Waals surface area contributed by atoms with Gasteiger partial charge in [0.25, 0.3) is 0 Å². The molecule has 1 atom stereocenters. The molecule has 0 spiro atoms. The fraction of sp³-hybridized carbons (Fsp3) is 0.294. The quantitative estimate of drug-likeness (QED) is 0.737. The lowest BCUT2D eigenvalue weighted by Crippen LogP contribution is -2.38. The fourth-order valence-electron chi connectivity index (χ4n) is 2.33. The summed E-state index contributed by atoms with van der Waals surface area (Å²) in [5.74, 6) is 0.427. The Balaban J connectivity index is 1.73. The Labute approximate surface area is 143 Å². The Bertz CT molecular complexity index is 784. The second kappa shape index (κ2) is 7.35. The van der Waals surface area contributed by atoms with Crippen LogP contribution < -0.4 is 25.3 Å². The van der Waals surface area contributed by atoms with Crippen LogP contribution in [0.25, 0.3) is 0 Å². The predicted octanol–water partition coefficient (Wildman–Crippen LogP) is 1.49. The summed E-state index contributed by atoms with van der Waals surface area (Å²) in [5.41, 5.74) is 6.38. The van der Waals surface area contributed by atoms with Gasteiger partial charge in [0.05, 0.1) is 6.04 Å². The zero-order chi connectivity index (χ0) is 17.8. The summed E-state index contributed by atoms with van der Waals surface area (Å²) in [6, 6.07) is 6.28. The Kier molecular flexibility index (Phi) is 4.99. The molecule has 1 aliphatic rings. The molecular weight excluding hydrogens is 329 g/mol. The first-order valence-corrected chi connectivity index (χ1v) is 7.72. The molecule has 0 bridgehead atoms. The van der Waals surface area contributed by atoms with Gasteiger partial charge in [0, 0.05) is 23.9 Å². The number of hydrogen-bond donors (Lipinski definition) is 2. The molecule has 25 heavy (non-hydrogen) atoms. The van der Waals surface area contributed by atoms with Crippen LogP contribution in [0.2, 0.25) is 0 Å². The number of ether oxygens (including phenoxy) is 3. The molecule has 2 aromatic rings. The predicted molar refractivity (Wildman–Crippen MR) is 86.6 cm³/mol. The van der Waals surface area contributed by atoms with Crippen LogP contribution in [-0.2, 0) is 17.9 Å². The molecule has 1 aromatic heterocycles. The van der Waals surface area contributed by atoms with E-state index in [1.54, 1.807) is 31.2 Å². The van der Waals surface area contributed by atoms with E-state index in [9.17, 15) is 9.18 Å². The third-order valence-corrected chi connectivity index (χ3v) is 3.81. The number of fused-ring (bicyclic) bond motifs is 1. The Morgan fingerprint density at radius 3 is 2.92 bits per heavy atom. The maximum absolute atomic E-state index is 13.6. The number of halogens is 1. The summed E-state index contributed by atoms with van der Waals surface area (Å²) in [5, 5.41) is 3.00. The van der Waals surface area contributed by atoms with Crippen molar-refractivity contribution in [3.63, 3.8) is 0 Å². The molecule has 2 heterocycles. The van der Waals surface area contributed by atoms with Gasteiger partial charge < -0.3 is 25.3 Å². The number of nitrogens with zero attached hydrogens (tertiary/aromatic N) is 1. The number of amides is 1. The number of rotatable bonds is 7. The van der Waals surface area contributed by atoms with Crippen LogP contribution in [0.5, 0.6) is 17.2 Å². The fourth-order valence-corrected chi connectivity index (χ4v) is 2.33. The third kappa shape index (κ3) is 3.80. The van der Waals surface area contributed by atoms with Crippen molar-refractivity contribution in [1.82, 2.24) is 10.3 Å². The van der Waals surface area contributed by atoms with Crippen molar-refractivity contribution in [2.24, 2.45) is 5.73 Å². The largest absolute Gasteiger partial charge is 0.485 e. The molecule has 1 aliphatic heterocycles. The first kappa shape index (κ1) is 17.0. The summed E-state index contributed by atoms with van der Waals surface area (Å²) >= 11 is 0. The second-order valence-electron chi connectivity index (χ2n) is 5.53. The monoisotopic (exact) mass is 347 g/mol. The van der Waals surface area contributed by atoms with E-state index in [2.05, 4.69) is 10.3 Å². The molecule has 3 rings (SSSR count). The average Bonchev–Trinajstić information content (AvgIpc) is 3.09. The summed E-state index contributed by atoms with van der Waals surface area (Å²) < 4.78 is 30.2. The van der Waals surface area contributed by atoms with Crippen LogP contribution in [-0.4, -0.2) is 23.7 Å². The van der Waals surface area contributed by atoms with Gasteiger partial charge in [0.1, 0.15) is 6.61 Å². The SMILES string of the molecule is CC(NCc1ccc(OCc2cccnc2F)c2c1OCO2)C(N)=O. The van der Waals surface area contributed by atoms with Gasteiger partial charge in [-0.25, -0.2) is 4.98 Å². The van der Waals surface area contributed by atoms with Crippen LogP contribution >= 0.6 is 0 Å². The molecule has 0 fully saturated rings. The van der Waals surface area contributed by atoms with Crippen LogP contribution in [0, 0.1) is 5.95 Å². The second-order valence-corrected chi connectivity index (χ2v) is 5.53. The van der Waals surface area contributed by atoms with E-state index < -0.39 is 17.9 Å². The summed E-state index contributed by atoms with van der Waals surface area (Å²) in [7, 11) is 0. The molecule has 0 radical (unpaired) electrons. The maximum atomic E-state index is 13.6. The Morgan fingerprint density at radius 2 is 2.16 bits per heavy atom. The first-order chi connectivity index (χ1) is 12.1. The number of carbonyl (C=O) groups excluding carboxylic acids is 1. The van der Waals surface area contributed by atoms with Crippen molar-refractivity contribution in [3.05, 3.63) is 47.5 Å². The molecule has 7 nitrogen and oxygen atoms in total. The number of primary amides is 1. The van der Waals surface area contributed by atoms with E-state index in [0.717, 1.165) is 5.56 Å². The Morgan fingerprint density at radius 1 is 1.36 bits per heavy atom. The van der Waals surface area contributed by atoms with Crippen LogP contribution in [0.15, 0.2) is 30.5 Å². The molecule has 1 amide bonds. The van der Waals surface area contributed by atoms with E-state index in [1.165, 1.54) is 6.20 Å². The van der Waals surface area contributed by atoms with E-state index in [1.807, 2.05) is 0 Å². The van der Waals surface area contributed by atoms with Crippen molar-refractivity contribution >= 4 is 5.91 Å². The molecule has 3 N–H and O–H groups in total. The normalized spacial score (nSPS) is 13.5. The number of benzene rings is 1. The zero-order valence-corrected chi connectivity index (χ0v) is 13.6. The number of aromatic nitrogens is 1. The van der Waals surface area contributed by atoms with Crippen molar-refractivity contribution in [2.45, 2.75) is 26.1 Å². The highest BCUT2D eigenvalue weighted by Crippen LogP contribution is 2.43. The lowest BCUT2D eigenvalue weighted by atomic mass is 10.1. The van der Waals surface area contributed by atoms with Crippen LogP contribution in [0.1, 0.15) is 18.1 Å². The van der Waals surface area contributed by atoms with Gasteiger partial charge in [-0.1, -0.05) is 6.07 Å². The van der Waals surface area contributed by atoms with E-state index in [0.29, 0.717) is 29.4 Å². The minimum atomic E-state index is -0.572. The molecule has 1 aromatic carbocycles. The van der Waals surface area contributed by atoms with Crippen molar-refractivity contribution in [3.8, 4) is 17.2 Å². The molecule has 0 saturated heterocycles.